The minimum absolute atomic E-state index is 0.562. The van der Waals surface area contributed by atoms with E-state index >= 15 is 0 Å². The molecule has 3 atom stereocenters. The average Bonchev–Trinajstić information content (AvgIpc) is 2.14. The lowest BCUT2D eigenvalue weighted by atomic mass is 10.0. The Hall–Kier alpha value is -0.820. The van der Waals surface area contributed by atoms with E-state index in [0.29, 0.717) is 0 Å². The van der Waals surface area contributed by atoms with Crippen LogP contribution in [-0.4, -0.2) is 56.9 Å². The monoisotopic (exact) mass is 206 g/mol. The van der Waals surface area contributed by atoms with Crippen LogP contribution in [0.15, 0.2) is 0 Å². The predicted octanol–water partition coefficient (Wildman–Crippen LogP) is -2.39. The van der Waals surface area contributed by atoms with E-state index < -0.39 is 42.9 Å². The molecule has 82 valence electrons. The Labute approximate surface area is 80.8 Å². The molecule has 0 saturated carbocycles. The van der Waals surface area contributed by atoms with Crippen molar-refractivity contribution in [1.29, 1.82) is 0 Å². The van der Waals surface area contributed by atoms with E-state index in [-0.39, 0.29) is 0 Å². The van der Waals surface area contributed by atoms with Crippen molar-refractivity contribution >= 4 is 11.6 Å². The van der Waals surface area contributed by atoms with Gasteiger partial charge >= 0.3 is 0 Å². The van der Waals surface area contributed by atoms with Gasteiger partial charge < -0.3 is 20.4 Å². The zero-order valence-electron chi connectivity index (χ0n) is 7.75. The maximum Gasteiger partial charge on any atom is 0.200 e. The zero-order valence-corrected chi connectivity index (χ0v) is 7.75. The fourth-order valence-electron chi connectivity index (χ4n) is 0.819. The first-order chi connectivity index (χ1) is 6.40. The molecule has 3 unspecified atom stereocenters. The van der Waals surface area contributed by atoms with Crippen molar-refractivity contribution in [2.24, 2.45) is 0 Å². The summed E-state index contributed by atoms with van der Waals surface area (Å²) in [6.45, 7) is 0.316. The molecule has 4 N–H and O–H groups in total. The van der Waals surface area contributed by atoms with Gasteiger partial charge in [0.1, 0.15) is 12.2 Å². The lowest BCUT2D eigenvalue weighted by molar-refractivity contribution is -0.139. The maximum atomic E-state index is 10.8. The van der Waals surface area contributed by atoms with Crippen molar-refractivity contribution in [2.45, 2.75) is 31.7 Å². The van der Waals surface area contributed by atoms with E-state index in [9.17, 15) is 9.59 Å². The van der Waals surface area contributed by atoms with Crippen LogP contribution in [-0.2, 0) is 9.59 Å². The molecule has 6 heteroatoms. The molecule has 0 fully saturated rings. The SMILES string of the molecule is CC(=O)C(=O)CC(O)C(O)C(O)CO. The van der Waals surface area contributed by atoms with Crippen molar-refractivity contribution in [3.05, 3.63) is 0 Å². The van der Waals surface area contributed by atoms with Crippen LogP contribution in [0.25, 0.3) is 0 Å². The summed E-state index contributed by atoms with van der Waals surface area (Å²) in [5, 5.41) is 35.6. The van der Waals surface area contributed by atoms with Crippen molar-refractivity contribution in [1.82, 2.24) is 0 Å². The van der Waals surface area contributed by atoms with Gasteiger partial charge in [-0.15, -0.1) is 0 Å². The first-order valence-corrected chi connectivity index (χ1v) is 4.09. The number of aliphatic hydroxyl groups is 4. The molecule has 0 radical (unpaired) electrons. The Bertz CT molecular complexity index is 214. The lowest BCUT2D eigenvalue weighted by Gasteiger charge is -2.20. The van der Waals surface area contributed by atoms with Crippen LogP contribution in [0.3, 0.4) is 0 Å². The quantitative estimate of drug-likeness (QED) is 0.360. The molecule has 0 saturated heterocycles. The highest BCUT2D eigenvalue weighted by atomic mass is 16.4. The van der Waals surface area contributed by atoms with Crippen LogP contribution in [0, 0.1) is 0 Å². The summed E-state index contributed by atoms with van der Waals surface area (Å²) >= 11 is 0. The standard InChI is InChI=1S/C8H14O6/c1-4(10)5(11)2-6(12)8(14)7(13)3-9/h6-9,12-14H,2-3H2,1H3. The summed E-state index contributed by atoms with van der Waals surface area (Å²) < 4.78 is 0. The average molecular weight is 206 g/mol. The summed E-state index contributed by atoms with van der Waals surface area (Å²) in [6.07, 6.45) is -5.27. The Kier molecular flexibility index (Phi) is 5.47. The smallest absolute Gasteiger partial charge is 0.200 e. The van der Waals surface area contributed by atoms with Gasteiger partial charge in [-0.2, -0.15) is 0 Å². The Morgan fingerprint density at radius 1 is 1.14 bits per heavy atom. The van der Waals surface area contributed by atoms with Crippen molar-refractivity contribution < 1.29 is 30.0 Å². The summed E-state index contributed by atoms with van der Waals surface area (Å²) in [6, 6.07) is 0. The predicted molar refractivity (Wildman–Crippen MR) is 45.4 cm³/mol. The highest BCUT2D eigenvalue weighted by Gasteiger charge is 2.26. The fraction of sp³-hybridized carbons (Fsp3) is 0.750. The van der Waals surface area contributed by atoms with E-state index in [1.807, 2.05) is 0 Å². The fourth-order valence-corrected chi connectivity index (χ4v) is 0.819. The molecule has 6 nitrogen and oxygen atoms in total. The van der Waals surface area contributed by atoms with Gasteiger partial charge in [0.2, 0.25) is 5.78 Å². The summed E-state index contributed by atoms with van der Waals surface area (Å²) in [7, 11) is 0. The molecule has 0 amide bonds. The molecule has 0 aromatic carbocycles. The number of hydrogen-bond donors (Lipinski definition) is 4. The van der Waals surface area contributed by atoms with Crippen LogP contribution < -0.4 is 0 Å². The third kappa shape index (κ3) is 3.93. The number of carbonyl (C=O) groups is 2. The third-order valence-corrected chi connectivity index (χ3v) is 1.76. The zero-order chi connectivity index (χ0) is 11.3. The number of rotatable bonds is 6. The van der Waals surface area contributed by atoms with Crippen molar-refractivity contribution in [3.8, 4) is 0 Å². The summed E-state index contributed by atoms with van der Waals surface area (Å²) in [4.78, 5) is 21.3. The number of carbonyl (C=O) groups excluding carboxylic acids is 2. The minimum atomic E-state index is -1.64. The van der Waals surface area contributed by atoms with E-state index in [1.54, 1.807) is 0 Å². The second-order valence-corrected chi connectivity index (χ2v) is 2.99. The van der Waals surface area contributed by atoms with Crippen LogP contribution in [0.4, 0.5) is 0 Å². The van der Waals surface area contributed by atoms with E-state index in [2.05, 4.69) is 0 Å². The van der Waals surface area contributed by atoms with Crippen LogP contribution >= 0.6 is 0 Å². The topological polar surface area (TPSA) is 115 Å². The van der Waals surface area contributed by atoms with Crippen LogP contribution in [0.5, 0.6) is 0 Å². The molecule has 0 aromatic rings. The van der Waals surface area contributed by atoms with E-state index in [1.165, 1.54) is 0 Å². The number of aliphatic hydroxyl groups excluding tert-OH is 4. The second kappa shape index (κ2) is 5.82. The highest BCUT2D eigenvalue weighted by molar-refractivity contribution is 6.36. The molecule has 0 aliphatic rings. The molecule has 0 rings (SSSR count). The van der Waals surface area contributed by atoms with Gasteiger partial charge in [-0.05, 0) is 0 Å². The molecular formula is C8H14O6. The Morgan fingerprint density at radius 3 is 2.00 bits per heavy atom. The van der Waals surface area contributed by atoms with Gasteiger partial charge in [0.05, 0.1) is 12.7 Å². The molecule has 0 aromatic heterocycles. The minimum Gasteiger partial charge on any atom is -0.394 e. The largest absolute Gasteiger partial charge is 0.394 e. The molecule has 0 aliphatic heterocycles. The molecule has 0 spiro atoms. The summed E-state index contributed by atoms with van der Waals surface area (Å²) in [5.74, 6) is -1.56. The van der Waals surface area contributed by atoms with E-state index in [0.717, 1.165) is 6.92 Å². The highest BCUT2D eigenvalue weighted by Crippen LogP contribution is 2.04. The summed E-state index contributed by atoms with van der Waals surface area (Å²) in [5.41, 5.74) is 0. The van der Waals surface area contributed by atoms with Gasteiger partial charge in [-0.3, -0.25) is 9.59 Å². The second-order valence-electron chi connectivity index (χ2n) is 2.99. The van der Waals surface area contributed by atoms with Gasteiger partial charge in [0.25, 0.3) is 0 Å². The lowest BCUT2D eigenvalue weighted by Crippen LogP contribution is -2.41. The van der Waals surface area contributed by atoms with Gasteiger partial charge in [0.15, 0.2) is 5.78 Å². The van der Waals surface area contributed by atoms with Crippen LogP contribution in [0.1, 0.15) is 13.3 Å². The number of Topliss-reactive ketones (excluding diaryl/α,β-unsaturated/α-hetero) is 2. The number of ketones is 2. The molecule has 0 aliphatic carbocycles. The molecule has 0 heterocycles. The maximum absolute atomic E-state index is 10.8. The Balaban J connectivity index is 4.13. The third-order valence-electron chi connectivity index (χ3n) is 1.76. The van der Waals surface area contributed by atoms with Crippen LogP contribution in [0.2, 0.25) is 0 Å². The van der Waals surface area contributed by atoms with Gasteiger partial charge in [-0.25, -0.2) is 0 Å². The van der Waals surface area contributed by atoms with Crippen molar-refractivity contribution in [2.75, 3.05) is 6.61 Å². The van der Waals surface area contributed by atoms with Gasteiger partial charge in [0, 0.05) is 13.3 Å². The van der Waals surface area contributed by atoms with E-state index in [4.69, 9.17) is 20.4 Å². The first kappa shape index (κ1) is 13.2. The normalized spacial score (nSPS) is 17.2. The van der Waals surface area contributed by atoms with Gasteiger partial charge in [-0.1, -0.05) is 0 Å². The molecular weight excluding hydrogens is 192 g/mol. The van der Waals surface area contributed by atoms with Crippen molar-refractivity contribution in [3.63, 3.8) is 0 Å². The first-order valence-electron chi connectivity index (χ1n) is 4.09. The Morgan fingerprint density at radius 2 is 1.64 bits per heavy atom. The number of hydrogen-bond acceptors (Lipinski definition) is 6. The molecule has 14 heavy (non-hydrogen) atoms. The molecule has 0 bridgehead atoms.